The van der Waals surface area contributed by atoms with Gasteiger partial charge in [-0.05, 0) is 68.6 Å². The molecule has 4 fully saturated rings. The van der Waals surface area contributed by atoms with Gasteiger partial charge in [-0.3, -0.25) is 4.79 Å². The first-order valence-electron chi connectivity index (χ1n) is 10.1. The van der Waals surface area contributed by atoms with E-state index in [0.29, 0.717) is 30.5 Å². The van der Waals surface area contributed by atoms with Crippen LogP contribution in [0.4, 0.5) is 0 Å². The lowest BCUT2D eigenvalue weighted by atomic mass is 9.43. The molecule has 0 aromatic carbocycles. The number of ether oxygens (including phenoxy) is 2. The van der Waals surface area contributed by atoms with Crippen molar-refractivity contribution in [3.63, 3.8) is 0 Å². The zero-order chi connectivity index (χ0) is 18.1. The second-order valence-corrected chi connectivity index (χ2v) is 9.73. The lowest BCUT2D eigenvalue weighted by molar-refractivity contribution is -0.269. The van der Waals surface area contributed by atoms with E-state index in [0.717, 1.165) is 44.9 Å². The van der Waals surface area contributed by atoms with Gasteiger partial charge < -0.3 is 14.6 Å². The first kappa shape index (κ1) is 17.9. The molecule has 142 valence electrons. The largest absolute Gasteiger partial charge is 0.389 e. The van der Waals surface area contributed by atoms with Crippen molar-refractivity contribution in [3.05, 3.63) is 0 Å². The summed E-state index contributed by atoms with van der Waals surface area (Å²) in [6.45, 7) is 4.47. The molecule has 0 unspecified atom stereocenters. The molecule has 0 aromatic rings. The second-order valence-electron chi connectivity index (χ2n) is 9.73. The standard InChI is InChI=1S/C21H34O4/c1-18-11-12-20(24-3,25-4)13-14(18)5-6-16-15(18)7-9-19(2)17(22)8-10-21(16,19)23/h14-16,23H,5-13H2,1-4H3/t14-,15-,16+,18-,19-,21+/m0/s1. The molecular formula is C21H34O4. The molecule has 1 N–H and O–H groups in total. The summed E-state index contributed by atoms with van der Waals surface area (Å²) in [7, 11) is 3.52. The summed E-state index contributed by atoms with van der Waals surface area (Å²) >= 11 is 0. The van der Waals surface area contributed by atoms with Crippen LogP contribution in [0.2, 0.25) is 0 Å². The summed E-state index contributed by atoms with van der Waals surface area (Å²) in [6, 6.07) is 0. The van der Waals surface area contributed by atoms with Crippen molar-refractivity contribution >= 4 is 5.78 Å². The molecule has 4 nitrogen and oxygen atoms in total. The highest BCUT2D eigenvalue weighted by Gasteiger charge is 2.68. The monoisotopic (exact) mass is 350 g/mol. The number of ketones is 1. The lowest BCUT2D eigenvalue weighted by Crippen LogP contribution is -2.63. The maximum Gasteiger partial charge on any atom is 0.167 e. The molecular weight excluding hydrogens is 316 g/mol. The Morgan fingerprint density at radius 2 is 1.68 bits per heavy atom. The van der Waals surface area contributed by atoms with Crippen LogP contribution in [-0.4, -0.2) is 36.5 Å². The molecule has 0 heterocycles. The molecule has 4 saturated carbocycles. The fourth-order valence-electron chi connectivity index (χ4n) is 7.38. The number of methoxy groups -OCH3 is 2. The number of carbonyl (C=O) groups excluding carboxylic acids is 1. The van der Waals surface area contributed by atoms with Gasteiger partial charge in [-0.2, -0.15) is 0 Å². The molecule has 0 spiro atoms. The van der Waals surface area contributed by atoms with Gasteiger partial charge in [0.2, 0.25) is 0 Å². The third-order valence-electron chi connectivity index (χ3n) is 9.31. The minimum Gasteiger partial charge on any atom is -0.389 e. The molecule has 4 aliphatic carbocycles. The van der Waals surface area contributed by atoms with E-state index in [2.05, 4.69) is 6.92 Å². The molecule has 4 heteroatoms. The average Bonchev–Trinajstić information content (AvgIpc) is 2.86. The van der Waals surface area contributed by atoms with Gasteiger partial charge in [-0.1, -0.05) is 6.92 Å². The van der Waals surface area contributed by atoms with Gasteiger partial charge >= 0.3 is 0 Å². The van der Waals surface area contributed by atoms with Crippen LogP contribution in [0, 0.1) is 28.6 Å². The molecule has 0 bridgehead atoms. The molecule has 0 amide bonds. The first-order chi connectivity index (χ1) is 11.7. The smallest absolute Gasteiger partial charge is 0.167 e. The Labute approximate surface area is 151 Å². The van der Waals surface area contributed by atoms with Crippen molar-refractivity contribution < 1.29 is 19.4 Å². The summed E-state index contributed by atoms with van der Waals surface area (Å²) in [5.74, 6) is 1.23. The van der Waals surface area contributed by atoms with Gasteiger partial charge in [0.1, 0.15) is 5.78 Å². The fourth-order valence-corrected chi connectivity index (χ4v) is 7.38. The Bertz CT molecular complexity index is 570. The van der Waals surface area contributed by atoms with Crippen LogP contribution in [0.15, 0.2) is 0 Å². The normalized spacial score (nSPS) is 51.6. The number of carbonyl (C=O) groups is 1. The van der Waals surface area contributed by atoms with Crippen LogP contribution < -0.4 is 0 Å². The van der Waals surface area contributed by atoms with Crippen LogP contribution in [0.3, 0.4) is 0 Å². The zero-order valence-electron chi connectivity index (χ0n) is 16.3. The van der Waals surface area contributed by atoms with E-state index in [4.69, 9.17) is 9.47 Å². The van der Waals surface area contributed by atoms with Gasteiger partial charge in [0, 0.05) is 33.5 Å². The zero-order valence-corrected chi connectivity index (χ0v) is 16.3. The Hall–Kier alpha value is -0.450. The number of hydrogen-bond donors (Lipinski definition) is 1. The van der Waals surface area contributed by atoms with Crippen molar-refractivity contribution in [2.45, 2.75) is 83.0 Å². The van der Waals surface area contributed by atoms with Crippen LogP contribution >= 0.6 is 0 Å². The maximum atomic E-state index is 12.5. The summed E-state index contributed by atoms with van der Waals surface area (Å²) in [5.41, 5.74) is -1.06. The van der Waals surface area contributed by atoms with Crippen LogP contribution in [0.25, 0.3) is 0 Å². The molecule has 4 aliphatic rings. The van der Waals surface area contributed by atoms with Crippen molar-refractivity contribution in [3.8, 4) is 0 Å². The summed E-state index contributed by atoms with van der Waals surface area (Å²) in [5, 5.41) is 11.7. The van der Waals surface area contributed by atoms with Crippen LogP contribution in [-0.2, 0) is 14.3 Å². The van der Waals surface area contributed by atoms with E-state index in [-0.39, 0.29) is 11.3 Å². The lowest BCUT2D eigenvalue weighted by Gasteiger charge is -2.63. The Kier molecular flexibility index (Phi) is 3.97. The molecule has 6 atom stereocenters. The predicted molar refractivity (Wildman–Crippen MR) is 94.9 cm³/mol. The van der Waals surface area contributed by atoms with Gasteiger partial charge in [0.25, 0.3) is 0 Å². The molecule has 0 radical (unpaired) electrons. The molecule has 25 heavy (non-hydrogen) atoms. The number of aliphatic hydroxyl groups is 1. The summed E-state index contributed by atoms with van der Waals surface area (Å²) in [4.78, 5) is 12.5. The summed E-state index contributed by atoms with van der Waals surface area (Å²) < 4.78 is 11.5. The summed E-state index contributed by atoms with van der Waals surface area (Å²) in [6.07, 6.45) is 8.27. The van der Waals surface area contributed by atoms with E-state index in [9.17, 15) is 9.90 Å². The number of fused-ring (bicyclic) bond motifs is 5. The van der Waals surface area contributed by atoms with Crippen molar-refractivity contribution in [1.82, 2.24) is 0 Å². The first-order valence-corrected chi connectivity index (χ1v) is 10.1. The van der Waals surface area contributed by atoms with Crippen LogP contribution in [0.5, 0.6) is 0 Å². The van der Waals surface area contributed by atoms with Crippen molar-refractivity contribution in [2.75, 3.05) is 14.2 Å². The molecule has 0 aromatic heterocycles. The van der Waals surface area contributed by atoms with Crippen molar-refractivity contribution in [2.24, 2.45) is 28.6 Å². The Morgan fingerprint density at radius 3 is 2.36 bits per heavy atom. The fraction of sp³-hybridized carbons (Fsp3) is 0.952. The molecule has 0 saturated heterocycles. The topological polar surface area (TPSA) is 55.8 Å². The van der Waals surface area contributed by atoms with Gasteiger partial charge in [0.05, 0.1) is 11.0 Å². The second kappa shape index (κ2) is 5.53. The Morgan fingerprint density at radius 1 is 0.960 bits per heavy atom. The third kappa shape index (κ3) is 2.14. The van der Waals surface area contributed by atoms with E-state index >= 15 is 0 Å². The van der Waals surface area contributed by atoms with Gasteiger partial charge in [-0.25, -0.2) is 0 Å². The highest BCUT2D eigenvalue weighted by molar-refractivity contribution is 5.88. The number of hydrogen-bond acceptors (Lipinski definition) is 4. The molecule has 4 rings (SSSR count). The van der Waals surface area contributed by atoms with E-state index in [1.54, 1.807) is 14.2 Å². The highest BCUT2D eigenvalue weighted by atomic mass is 16.7. The highest BCUT2D eigenvalue weighted by Crippen LogP contribution is 2.67. The number of Topliss-reactive ketones (excluding diaryl/α,β-unsaturated/α-hetero) is 1. The third-order valence-corrected chi connectivity index (χ3v) is 9.31. The van der Waals surface area contributed by atoms with Gasteiger partial charge in [-0.15, -0.1) is 0 Å². The number of rotatable bonds is 2. The average molecular weight is 350 g/mol. The minimum atomic E-state index is -0.780. The quantitative estimate of drug-likeness (QED) is 0.772. The van der Waals surface area contributed by atoms with Crippen molar-refractivity contribution in [1.29, 1.82) is 0 Å². The van der Waals surface area contributed by atoms with E-state index in [1.165, 1.54) is 0 Å². The minimum absolute atomic E-state index is 0.228. The van der Waals surface area contributed by atoms with Crippen LogP contribution in [0.1, 0.15) is 71.6 Å². The van der Waals surface area contributed by atoms with E-state index in [1.807, 2.05) is 6.92 Å². The molecule has 0 aliphatic heterocycles. The maximum absolute atomic E-state index is 12.5. The SMILES string of the molecule is COC1(OC)CC[C@@]2(C)[C@@H](CC[C@@H]3[C@@H]2CC[C@@]2(C)C(=O)CC[C@@]32O)C1. The Balaban J connectivity index is 1.65. The van der Waals surface area contributed by atoms with Gasteiger partial charge in [0.15, 0.2) is 5.79 Å². The predicted octanol–water partition coefficient (Wildman–Crippen LogP) is 3.70. The van der Waals surface area contributed by atoms with E-state index < -0.39 is 16.8 Å².